The van der Waals surface area contributed by atoms with E-state index in [-0.39, 0.29) is 10.8 Å². The minimum atomic E-state index is -3.80. The Kier molecular flexibility index (Phi) is 8.62. The van der Waals surface area contributed by atoms with Gasteiger partial charge in [0, 0.05) is 18.5 Å². The SMILES string of the molecule is Cc1ccc(S(=O)(=O)[N+](=CCCCOc2ccc3c(c2)CCC(=O)N3)Sc2ccc(Cl)c(Cl)c2)cc1. The van der Waals surface area contributed by atoms with E-state index < -0.39 is 10.0 Å². The third-order valence-electron chi connectivity index (χ3n) is 5.51. The lowest BCUT2D eigenvalue weighted by molar-refractivity contribution is -0.148. The van der Waals surface area contributed by atoms with Gasteiger partial charge in [-0.1, -0.05) is 40.9 Å². The summed E-state index contributed by atoms with van der Waals surface area (Å²) in [5, 5.41) is 3.61. The molecule has 0 atom stereocenters. The van der Waals surface area contributed by atoms with E-state index in [9.17, 15) is 13.2 Å². The molecule has 1 N–H and O–H groups in total. The van der Waals surface area contributed by atoms with E-state index in [2.05, 4.69) is 5.32 Å². The van der Waals surface area contributed by atoms with Crippen LogP contribution in [0.2, 0.25) is 10.0 Å². The molecule has 0 fully saturated rings. The molecule has 188 valence electrons. The molecule has 1 aliphatic heterocycles. The topological polar surface area (TPSA) is 75.5 Å². The molecule has 0 unspecified atom stereocenters. The van der Waals surface area contributed by atoms with E-state index in [0.29, 0.717) is 47.2 Å². The molecule has 0 aliphatic carbocycles. The molecule has 3 aromatic rings. The Morgan fingerprint density at radius 1 is 1.03 bits per heavy atom. The summed E-state index contributed by atoms with van der Waals surface area (Å²) in [4.78, 5) is 12.4. The standard InChI is InChI=1S/C26H24Cl2N2O4S2/c1-18-4-9-22(10-5-18)36(32,33)30(35-21-8-11-23(27)24(28)17-21)14-2-3-15-34-20-7-12-25-19(16-20)6-13-26(31)29-25/h4-5,7-12,14,16-17H,2-3,6,13,15H2,1H3/p+1. The quantitative estimate of drug-likeness (QED) is 0.139. The Hall–Kier alpha value is -2.52. The van der Waals surface area contributed by atoms with Crippen molar-refractivity contribution in [1.29, 1.82) is 0 Å². The first-order chi connectivity index (χ1) is 17.2. The Balaban J connectivity index is 1.45. The molecule has 10 heteroatoms. The van der Waals surface area contributed by atoms with Crippen LogP contribution in [0.3, 0.4) is 0 Å². The highest BCUT2D eigenvalue weighted by Crippen LogP contribution is 2.31. The van der Waals surface area contributed by atoms with Gasteiger partial charge in [-0.2, -0.15) is 8.42 Å². The van der Waals surface area contributed by atoms with Crippen LogP contribution in [0.4, 0.5) is 5.69 Å². The number of nitrogens with zero attached hydrogens (tertiary/aromatic N) is 1. The summed E-state index contributed by atoms with van der Waals surface area (Å²) in [6.45, 7) is 2.32. The van der Waals surface area contributed by atoms with Crippen molar-refractivity contribution >= 4 is 63.0 Å². The van der Waals surface area contributed by atoms with Gasteiger partial charge in [0.05, 0.1) is 21.5 Å². The van der Waals surface area contributed by atoms with Gasteiger partial charge < -0.3 is 10.1 Å². The molecule has 0 bridgehead atoms. The third-order valence-corrected chi connectivity index (χ3v) is 9.35. The van der Waals surface area contributed by atoms with Gasteiger partial charge in [-0.15, -0.1) is 0 Å². The molecule has 1 aliphatic rings. The molecule has 36 heavy (non-hydrogen) atoms. The lowest BCUT2D eigenvalue weighted by Crippen LogP contribution is -2.18. The van der Waals surface area contributed by atoms with E-state index in [1.54, 1.807) is 48.7 Å². The van der Waals surface area contributed by atoms with Crippen LogP contribution in [-0.2, 0) is 21.2 Å². The van der Waals surface area contributed by atoms with Gasteiger partial charge in [0.25, 0.3) is 0 Å². The van der Waals surface area contributed by atoms with Crippen LogP contribution in [0.5, 0.6) is 5.75 Å². The van der Waals surface area contributed by atoms with E-state index in [4.69, 9.17) is 27.9 Å². The fourth-order valence-corrected chi connectivity index (χ4v) is 6.50. The predicted octanol–water partition coefficient (Wildman–Crippen LogP) is 6.53. The Morgan fingerprint density at radius 2 is 1.81 bits per heavy atom. The van der Waals surface area contributed by atoms with Crippen molar-refractivity contribution in [3.8, 4) is 5.75 Å². The number of aryl methyl sites for hydroxylation is 2. The van der Waals surface area contributed by atoms with Crippen LogP contribution in [-0.4, -0.2) is 30.5 Å². The predicted molar refractivity (Wildman–Crippen MR) is 145 cm³/mol. The number of nitrogens with one attached hydrogen (secondary N) is 1. The Bertz CT molecular complexity index is 1410. The minimum Gasteiger partial charge on any atom is -0.494 e. The first-order valence-electron chi connectivity index (χ1n) is 11.4. The number of hydrogen-bond donors (Lipinski definition) is 1. The first kappa shape index (κ1) is 26.5. The molecule has 0 radical (unpaired) electrons. The average Bonchev–Trinajstić information content (AvgIpc) is 2.85. The summed E-state index contributed by atoms with van der Waals surface area (Å²) >= 11 is 13.2. The van der Waals surface area contributed by atoms with Crippen LogP contribution < -0.4 is 10.1 Å². The fraction of sp³-hybridized carbons (Fsp3) is 0.231. The first-order valence-corrected chi connectivity index (χ1v) is 14.3. The second-order valence-corrected chi connectivity index (χ2v) is 12.2. The maximum atomic E-state index is 13.4. The van der Waals surface area contributed by atoms with Crippen LogP contribution in [0, 0.1) is 6.92 Å². The summed E-state index contributed by atoms with van der Waals surface area (Å²) < 4.78 is 33.9. The van der Waals surface area contributed by atoms with Crippen LogP contribution >= 0.6 is 35.1 Å². The summed E-state index contributed by atoms with van der Waals surface area (Å²) in [6.07, 6.45) is 3.88. The maximum absolute atomic E-state index is 13.4. The van der Waals surface area contributed by atoms with E-state index in [0.717, 1.165) is 34.5 Å². The number of sulfonamides is 1. The zero-order valence-electron chi connectivity index (χ0n) is 19.5. The smallest absolute Gasteiger partial charge is 0.407 e. The molecule has 1 amide bonds. The Morgan fingerprint density at radius 3 is 2.56 bits per heavy atom. The zero-order valence-corrected chi connectivity index (χ0v) is 22.7. The van der Waals surface area contributed by atoms with Gasteiger partial charge in [0.15, 0.2) is 6.21 Å². The number of amides is 1. The number of carbonyl (C=O) groups excluding carboxylic acids is 1. The highest BCUT2D eigenvalue weighted by Gasteiger charge is 2.30. The number of hydrogen-bond acceptors (Lipinski definition) is 5. The number of anilines is 1. The molecule has 0 aromatic heterocycles. The molecule has 3 aromatic carbocycles. The molecule has 1 heterocycles. The molecule has 0 saturated heterocycles. The van der Waals surface area contributed by atoms with Gasteiger partial charge in [-0.3, -0.25) is 4.79 Å². The monoisotopic (exact) mass is 563 g/mol. The Labute approximate surface area is 225 Å². The number of halogens is 2. The number of rotatable bonds is 9. The fourth-order valence-electron chi connectivity index (χ4n) is 3.56. The number of ether oxygens (including phenoxy) is 1. The zero-order chi connectivity index (χ0) is 25.7. The second-order valence-electron chi connectivity index (χ2n) is 8.28. The molecular weight excluding hydrogens is 539 g/mol. The van der Waals surface area contributed by atoms with Crippen molar-refractivity contribution in [2.24, 2.45) is 0 Å². The van der Waals surface area contributed by atoms with Crippen molar-refractivity contribution in [2.45, 2.75) is 42.4 Å². The lowest BCUT2D eigenvalue weighted by atomic mass is 10.0. The molecule has 6 nitrogen and oxygen atoms in total. The highest BCUT2D eigenvalue weighted by molar-refractivity contribution is 8.02. The summed E-state index contributed by atoms with van der Waals surface area (Å²) in [5.41, 5.74) is 2.85. The van der Waals surface area contributed by atoms with Gasteiger partial charge in [-0.25, -0.2) is 0 Å². The van der Waals surface area contributed by atoms with Crippen molar-refractivity contribution in [3.63, 3.8) is 0 Å². The largest absolute Gasteiger partial charge is 0.494 e. The summed E-state index contributed by atoms with van der Waals surface area (Å²) in [5.74, 6) is 0.745. The third kappa shape index (κ3) is 6.62. The van der Waals surface area contributed by atoms with E-state index in [1.807, 2.05) is 25.1 Å². The van der Waals surface area contributed by atoms with Crippen molar-refractivity contribution in [2.75, 3.05) is 11.9 Å². The van der Waals surface area contributed by atoms with Gasteiger partial charge >= 0.3 is 10.0 Å². The van der Waals surface area contributed by atoms with Gasteiger partial charge in [0.2, 0.25) is 17.9 Å². The van der Waals surface area contributed by atoms with Crippen molar-refractivity contribution in [3.05, 3.63) is 81.8 Å². The molecule has 0 saturated carbocycles. The minimum absolute atomic E-state index is 0.0237. The summed E-state index contributed by atoms with van der Waals surface area (Å²) in [7, 11) is -3.80. The summed E-state index contributed by atoms with van der Waals surface area (Å²) in [6, 6.07) is 17.4. The van der Waals surface area contributed by atoms with Crippen molar-refractivity contribution < 1.29 is 21.3 Å². The van der Waals surface area contributed by atoms with Crippen LogP contribution in [0.15, 0.2) is 70.5 Å². The maximum Gasteiger partial charge on any atom is 0.407 e. The normalized spacial score (nSPS) is 13.8. The average molecular weight is 565 g/mol. The van der Waals surface area contributed by atoms with Gasteiger partial charge in [-0.05, 0) is 77.2 Å². The second kappa shape index (κ2) is 11.7. The van der Waals surface area contributed by atoms with E-state index >= 15 is 0 Å². The van der Waals surface area contributed by atoms with Crippen molar-refractivity contribution in [1.82, 2.24) is 0 Å². The number of carbonyl (C=O) groups is 1. The highest BCUT2D eigenvalue weighted by atomic mass is 35.5. The van der Waals surface area contributed by atoms with Gasteiger partial charge in [0.1, 0.15) is 10.6 Å². The number of unbranched alkanes of at least 4 members (excludes halogenated alkanes) is 1. The van der Waals surface area contributed by atoms with Crippen LogP contribution in [0.1, 0.15) is 30.4 Å². The number of benzene rings is 3. The van der Waals surface area contributed by atoms with Crippen LogP contribution in [0.25, 0.3) is 0 Å². The van der Waals surface area contributed by atoms with E-state index in [1.165, 1.54) is 3.39 Å². The molecular formula is C26H25Cl2N2O4S2+. The number of fused-ring (bicyclic) bond motifs is 1. The molecule has 0 spiro atoms. The molecule has 4 rings (SSSR count). The lowest BCUT2D eigenvalue weighted by Gasteiger charge is -2.17.